The third-order valence-electron chi connectivity index (χ3n) is 5.19. The maximum Gasteiger partial charge on any atom is 0.251 e. The molecule has 1 saturated heterocycles. The lowest BCUT2D eigenvalue weighted by molar-refractivity contribution is -0.231. The topological polar surface area (TPSA) is 149 Å². The van der Waals surface area contributed by atoms with Crippen LogP contribution in [0, 0.1) is 6.92 Å². The Balaban J connectivity index is 1.64. The van der Waals surface area contributed by atoms with Gasteiger partial charge in [0.25, 0.3) is 5.89 Å². The standard InChI is InChI=1S/C21H22N2O7/c1-10-22-23-21(29-10)14-6-5-12(8-15(14)25)11-3-2-4-13(7-11)20-19(28)18(27)17(26)16(9-24)30-20/h2-8,16-20,24-28H,9H2,1H3. The molecular formula is C21H22N2O7. The fraction of sp³-hybridized carbons (Fsp3) is 0.333. The quantitative estimate of drug-likeness (QED) is 0.420. The van der Waals surface area contributed by atoms with E-state index in [4.69, 9.17) is 9.15 Å². The summed E-state index contributed by atoms with van der Waals surface area (Å²) in [5, 5.41) is 57.9. The van der Waals surface area contributed by atoms with Crippen LogP contribution in [-0.2, 0) is 4.74 Å². The second-order valence-electron chi connectivity index (χ2n) is 7.23. The summed E-state index contributed by atoms with van der Waals surface area (Å²) >= 11 is 0. The van der Waals surface area contributed by atoms with Gasteiger partial charge in [0.15, 0.2) is 0 Å². The maximum absolute atomic E-state index is 10.4. The van der Waals surface area contributed by atoms with Crippen LogP contribution < -0.4 is 0 Å². The van der Waals surface area contributed by atoms with Gasteiger partial charge >= 0.3 is 0 Å². The maximum atomic E-state index is 10.4. The first-order chi connectivity index (χ1) is 14.4. The number of rotatable bonds is 4. The van der Waals surface area contributed by atoms with Crippen molar-refractivity contribution < 1.29 is 34.7 Å². The van der Waals surface area contributed by atoms with Crippen molar-refractivity contribution in [2.45, 2.75) is 37.4 Å². The normalized spacial score (nSPS) is 26.6. The second-order valence-corrected chi connectivity index (χ2v) is 7.23. The molecule has 0 radical (unpaired) electrons. The molecule has 2 aromatic carbocycles. The zero-order chi connectivity index (χ0) is 21.4. The summed E-state index contributed by atoms with van der Waals surface area (Å²) < 4.78 is 11.0. The molecule has 0 amide bonds. The van der Waals surface area contributed by atoms with Gasteiger partial charge in [0.1, 0.15) is 36.3 Å². The third kappa shape index (κ3) is 3.69. The van der Waals surface area contributed by atoms with Crippen LogP contribution in [0.3, 0.4) is 0 Å². The smallest absolute Gasteiger partial charge is 0.251 e. The molecule has 2 heterocycles. The van der Waals surface area contributed by atoms with E-state index in [2.05, 4.69) is 10.2 Å². The molecular weight excluding hydrogens is 392 g/mol. The van der Waals surface area contributed by atoms with Gasteiger partial charge in [-0.25, -0.2) is 0 Å². The lowest BCUT2D eigenvalue weighted by Gasteiger charge is -2.40. The highest BCUT2D eigenvalue weighted by Gasteiger charge is 2.43. The Bertz CT molecular complexity index is 1040. The Hall–Kier alpha value is -2.82. The summed E-state index contributed by atoms with van der Waals surface area (Å²) in [6.07, 6.45) is -6.16. The van der Waals surface area contributed by atoms with Crippen LogP contribution in [0.25, 0.3) is 22.6 Å². The van der Waals surface area contributed by atoms with Crippen LogP contribution in [0.4, 0.5) is 0 Å². The van der Waals surface area contributed by atoms with E-state index in [-0.39, 0.29) is 11.6 Å². The third-order valence-corrected chi connectivity index (χ3v) is 5.19. The number of aromatic nitrogens is 2. The molecule has 4 rings (SSSR count). The molecule has 0 aliphatic carbocycles. The highest BCUT2D eigenvalue weighted by molar-refractivity contribution is 5.72. The Morgan fingerprint density at radius 2 is 1.70 bits per heavy atom. The van der Waals surface area contributed by atoms with Crippen molar-refractivity contribution in [3.63, 3.8) is 0 Å². The number of nitrogens with zero attached hydrogens (tertiary/aromatic N) is 2. The van der Waals surface area contributed by atoms with Crippen molar-refractivity contribution in [2.75, 3.05) is 6.61 Å². The van der Waals surface area contributed by atoms with Crippen LogP contribution in [0.1, 0.15) is 17.6 Å². The summed E-state index contributed by atoms with van der Waals surface area (Å²) in [5.41, 5.74) is 2.39. The predicted molar refractivity (Wildman–Crippen MR) is 104 cm³/mol. The molecule has 158 valence electrons. The van der Waals surface area contributed by atoms with Crippen LogP contribution in [0.15, 0.2) is 46.9 Å². The molecule has 1 aliphatic rings. The van der Waals surface area contributed by atoms with Crippen LogP contribution in [0.5, 0.6) is 5.75 Å². The van der Waals surface area contributed by atoms with E-state index in [9.17, 15) is 25.5 Å². The largest absolute Gasteiger partial charge is 0.507 e. The molecule has 3 aromatic rings. The van der Waals surface area contributed by atoms with Gasteiger partial charge in [-0.05, 0) is 34.9 Å². The van der Waals surface area contributed by atoms with Gasteiger partial charge in [-0.3, -0.25) is 0 Å². The molecule has 5 unspecified atom stereocenters. The van der Waals surface area contributed by atoms with Gasteiger partial charge in [0.2, 0.25) is 5.89 Å². The number of ether oxygens (including phenoxy) is 1. The molecule has 1 aliphatic heterocycles. The van der Waals surface area contributed by atoms with Crippen molar-refractivity contribution >= 4 is 0 Å². The molecule has 1 fully saturated rings. The average molecular weight is 414 g/mol. The van der Waals surface area contributed by atoms with Gasteiger partial charge in [0, 0.05) is 6.92 Å². The zero-order valence-electron chi connectivity index (χ0n) is 16.1. The number of aliphatic hydroxyl groups excluding tert-OH is 4. The van der Waals surface area contributed by atoms with Crippen molar-refractivity contribution in [3.8, 4) is 28.3 Å². The lowest BCUT2D eigenvalue weighted by atomic mass is 9.90. The molecule has 1 aromatic heterocycles. The van der Waals surface area contributed by atoms with Crippen molar-refractivity contribution in [1.29, 1.82) is 0 Å². The SMILES string of the molecule is Cc1nnc(-c2ccc(-c3cccc(C4OC(CO)C(O)C(O)C4O)c3)cc2O)o1. The summed E-state index contributed by atoms with van der Waals surface area (Å²) in [7, 11) is 0. The summed E-state index contributed by atoms with van der Waals surface area (Å²) in [5.74, 6) is 0.571. The van der Waals surface area contributed by atoms with Gasteiger partial charge in [-0.15, -0.1) is 10.2 Å². The van der Waals surface area contributed by atoms with E-state index in [1.165, 1.54) is 0 Å². The minimum Gasteiger partial charge on any atom is -0.507 e. The number of aliphatic hydroxyl groups is 4. The first kappa shape index (κ1) is 20.5. The van der Waals surface area contributed by atoms with Crippen molar-refractivity contribution in [1.82, 2.24) is 10.2 Å². The number of phenolic OH excluding ortho intramolecular Hbond substituents is 1. The molecule has 9 nitrogen and oxygen atoms in total. The Labute approximate surface area is 171 Å². The monoisotopic (exact) mass is 414 g/mol. The lowest BCUT2D eigenvalue weighted by Crippen LogP contribution is -2.55. The first-order valence-corrected chi connectivity index (χ1v) is 9.43. The number of hydrogen-bond donors (Lipinski definition) is 5. The van der Waals surface area contributed by atoms with Crippen LogP contribution in [0.2, 0.25) is 0 Å². The Morgan fingerprint density at radius 3 is 2.37 bits per heavy atom. The van der Waals surface area contributed by atoms with E-state index >= 15 is 0 Å². The minimum atomic E-state index is -1.45. The number of aromatic hydroxyl groups is 1. The Kier molecular flexibility index (Phi) is 5.54. The van der Waals surface area contributed by atoms with Gasteiger partial charge in [-0.2, -0.15) is 0 Å². The van der Waals surface area contributed by atoms with E-state index in [1.54, 1.807) is 43.3 Å². The highest BCUT2D eigenvalue weighted by atomic mass is 16.5. The second kappa shape index (κ2) is 8.13. The summed E-state index contributed by atoms with van der Waals surface area (Å²) in [6.45, 7) is 1.16. The number of hydrogen-bond acceptors (Lipinski definition) is 9. The predicted octanol–water partition coefficient (Wildman–Crippen LogP) is 0.933. The van der Waals surface area contributed by atoms with Crippen LogP contribution >= 0.6 is 0 Å². The molecule has 30 heavy (non-hydrogen) atoms. The number of aryl methyl sites for hydroxylation is 1. The van der Waals surface area contributed by atoms with Crippen LogP contribution in [-0.4, -0.2) is 66.8 Å². The van der Waals surface area contributed by atoms with E-state index in [0.717, 1.165) is 5.56 Å². The van der Waals surface area contributed by atoms with E-state index in [0.29, 0.717) is 22.6 Å². The van der Waals surface area contributed by atoms with E-state index in [1.807, 2.05) is 6.07 Å². The molecule has 0 saturated carbocycles. The molecule has 0 bridgehead atoms. The average Bonchev–Trinajstić information content (AvgIpc) is 3.18. The number of phenols is 1. The van der Waals surface area contributed by atoms with Gasteiger partial charge < -0.3 is 34.7 Å². The zero-order valence-corrected chi connectivity index (χ0v) is 16.1. The highest BCUT2D eigenvalue weighted by Crippen LogP contribution is 2.36. The first-order valence-electron chi connectivity index (χ1n) is 9.43. The van der Waals surface area contributed by atoms with E-state index < -0.39 is 37.1 Å². The fourth-order valence-electron chi connectivity index (χ4n) is 3.57. The molecule has 0 spiro atoms. The molecule has 5 atom stereocenters. The molecule has 9 heteroatoms. The van der Waals surface area contributed by atoms with Crippen molar-refractivity contribution in [3.05, 3.63) is 53.9 Å². The van der Waals surface area contributed by atoms with Gasteiger partial charge in [-0.1, -0.05) is 24.3 Å². The van der Waals surface area contributed by atoms with Gasteiger partial charge in [0.05, 0.1) is 12.2 Å². The molecule has 5 N–H and O–H groups in total. The summed E-state index contributed by atoms with van der Waals surface area (Å²) in [6, 6.07) is 12.0. The minimum absolute atomic E-state index is 0.0330. The fourth-order valence-corrected chi connectivity index (χ4v) is 3.57. The van der Waals surface area contributed by atoms with Crippen molar-refractivity contribution in [2.24, 2.45) is 0 Å². The Morgan fingerprint density at radius 1 is 0.933 bits per heavy atom. The summed E-state index contributed by atoms with van der Waals surface area (Å²) in [4.78, 5) is 0. The number of benzene rings is 2.